The molecule has 0 unspecified atom stereocenters. The predicted molar refractivity (Wildman–Crippen MR) is 437 cm³/mol. The summed E-state index contributed by atoms with van der Waals surface area (Å²) in [5.74, 6) is 0. The first-order chi connectivity index (χ1) is 49.3. The Morgan fingerprint density at radius 2 is 0.446 bits per heavy atom. The largest absolute Gasteiger partial charge is 0.310 e. The van der Waals surface area contributed by atoms with Crippen LogP contribution in [0.4, 0.5) is 68.2 Å². The second-order valence-corrected chi connectivity index (χ2v) is 28.8. The Balaban J connectivity index is 0.000000164. The molecular weight excluding hydrogens is 1220 g/mol. The summed E-state index contributed by atoms with van der Waals surface area (Å²) in [4.78, 5) is 9.67. The van der Waals surface area contributed by atoms with Crippen molar-refractivity contribution in [1.82, 2.24) is 0 Å². The van der Waals surface area contributed by atoms with Gasteiger partial charge in [-0.25, -0.2) is 0 Å². The molecule has 0 spiro atoms. The van der Waals surface area contributed by atoms with Crippen LogP contribution in [0.25, 0.3) is 64.6 Å². The molecule has 0 aliphatic heterocycles. The van der Waals surface area contributed by atoms with E-state index in [2.05, 4.69) is 415 Å². The average Bonchev–Trinajstić information content (AvgIpc) is 0.731. The van der Waals surface area contributed by atoms with Crippen LogP contribution in [0.2, 0.25) is 0 Å². The summed E-state index contributed by atoms with van der Waals surface area (Å²) in [6.45, 7) is 18.0. The monoisotopic (exact) mass is 1310 g/mol. The fourth-order valence-corrected chi connectivity index (χ4v) is 14.7. The Bertz CT molecular complexity index is 5390. The van der Waals surface area contributed by atoms with Crippen LogP contribution in [0, 0.1) is 6.92 Å². The summed E-state index contributed by atoms with van der Waals surface area (Å²) in [6.07, 6.45) is 3.51. The number of nitrogens with zero attached hydrogens (tertiary/aromatic N) is 4. The maximum Gasteiger partial charge on any atom is 0.0546 e. The molecule has 0 fully saturated rings. The number of rotatable bonds is 15. The number of hydrogen-bond acceptors (Lipinski definition) is 4. The van der Waals surface area contributed by atoms with Gasteiger partial charge in [0.15, 0.2) is 0 Å². The van der Waals surface area contributed by atoms with Crippen LogP contribution in [0.3, 0.4) is 0 Å². The van der Waals surface area contributed by atoms with Crippen LogP contribution in [0.15, 0.2) is 340 Å². The molecule has 0 aromatic heterocycles. The molecule has 0 saturated heterocycles. The topological polar surface area (TPSA) is 13.0 Å². The molecule has 16 aromatic rings. The van der Waals surface area contributed by atoms with Crippen molar-refractivity contribution >= 4 is 133 Å². The van der Waals surface area contributed by atoms with Crippen molar-refractivity contribution in [2.45, 2.75) is 85.5 Å². The van der Waals surface area contributed by atoms with Crippen molar-refractivity contribution < 1.29 is 0 Å². The highest BCUT2D eigenvalue weighted by atomic mass is 15.2. The minimum Gasteiger partial charge on any atom is -0.310 e. The quantitative estimate of drug-likeness (QED) is 0.0949. The van der Waals surface area contributed by atoms with E-state index in [9.17, 15) is 0 Å². The molecule has 0 heterocycles. The lowest BCUT2D eigenvalue weighted by atomic mass is 9.87. The fraction of sp³-hybridized carbons (Fsp3) is 0.134. The fourth-order valence-electron chi connectivity index (χ4n) is 14.7. The Hall–Kier alpha value is -11.7. The number of aryl methyl sites for hydroxylation is 2. The molecule has 4 nitrogen and oxygen atoms in total. The van der Waals surface area contributed by atoms with Gasteiger partial charge in [0.2, 0.25) is 0 Å². The van der Waals surface area contributed by atoms with Crippen molar-refractivity contribution in [3.05, 3.63) is 362 Å². The van der Waals surface area contributed by atoms with Gasteiger partial charge in [0.1, 0.15) is 0 Å². The molecular formula is C97H86N4. The van der Waals surface area contributed by atoms with Gasteiger partial charge in [-0.2, -0.15) is 0 Å². The maximum atomic E-state index is 2.43. The minimum absolute atomic E-state index is 0.0740. The van der Waals surface area contributed by atoms with Crippen molar-refractivity contribution in [2.24, 2.45) is 0 Å². The summed E-state index contributed by atoms with van der Waals surface area (Å²) in [5.41, 5.74) is 19.2. The van der Waals surface area contributed by atoms with E-state index in [0.29, 0.717) is 0 Å². The van der Waals surface area contributed by atoms with E-state index in [4.69, 9.17) is 0 Å². The lowest BCUT2D eigenvalue weighted by Gasteiger charge is -2.30. The zero-order chi connectivity index (χ0) is 69.2. The standard InChI is InChI=1S/C50H46N2.C47H40N2/c1-49(2,3)35-25-29-39(30-26-35)51(37-17-9-7-10-18-37)47-33-45-42-22-14-16-24-44(42)48(34-46(45)41-21-13-15-23-43(41)47)52(38-19-11-8-12-20-38)40-31-27-36(28-32-40)50(4,5)6;1-3-4-15-35-26-30-39(31-27-35)49(37-18-9-6-10-19-37)47-33-45-40-20-11-13-22-42(40)46(32-44(45)41-21-12-14-23-43(41)47)48(36-16-7-5-8-17-36)38-28-24-34(2)25-29-38/h7-34H,1-6H3;5-14,16-33H,3-4,15H2,1-2H3. The van der Waals surface area contributed by atoms with Gasteiger partial charge in [-0.3, -0.25) is 0 Å². The molecule has 16 rings (SSSR count). The molecule has 0 saturated carbocycles. The van der Waals surface area contributed by atoms with Crippen molar-refractivity contribution in [3.63, 3.8) is 0 Å². The average molecular weight is 1310 g/mol. The lowest BCUT2D eigenvalue weighted by molar-refractivity contribution is 0.590. The van der Waals surface area contributed by atoms with Gasteiger partial charge in [0.05, 0.1) is 22.7 Å². The number of unbranched alkanes of at least 4 members (excludes halogenated alkanes) is 1. The third-order valence-electron chi connectivity index (χ3n) is 20.0. The van der Waals surface area contributed by atoms with Crippen molar-refractivity contribution in [1.29, 1.82) is 0 Å². The van der Waals surface area contributed by atoms with Crippen LogP contribution in [-0.4, -0.2) is 0 Å². The van der Waals surface area contributed by atoms with Crippen molar-refractivity contribution in [2.75, 3.05) is 19.6 Å². The second-order valence-electron chi connectivity index (χ2n) is 28.8. The third kappa shape index (κ3) is 13.1. The molecule has 494 valence electrons. The number of hydrogen-bond donors (Lipinski definition) is 0. The summed E-state index contributed by atoms with van der Waals surface area (Å²) in [5, 5.41) is 14.7. The molecule has 0 N–H and O–H groups in total. The van der Waals surface area contributed by atoms with Crippen molar-refractivity contribution in [3.8, 4) is 0 Å². The second kappa shape index (κ2) is 27.9. The van der Waals surface area contributed by atoms with E-state index < -0.39 is 0 Å². The zero-order valence-corrected chi connectivity index (χ0v) is 59.2. The molecule has 101 heavy (non-hydrogen) atoms. The van der Waals surface area contributed by atoms with Gasteiger partial charge < -0.3 is 19.6 Å². The molecule has 0 aliphatic rings. The smallest absolute Gasteiger partial charge is 0.0546 e. The highest BCUT2D eigenvalue weighted by Crippen LogP contribution is 2.51. The molecule has 0 amide bonds. The molecule has 0 aliphatic carbocycles. The zero-order valence-electron chi connectivity index (χ0n) is 59.2. The van der Waals surface area contributed by atoms with Gasteiger partial charge in [-0.15, -0.1) is 0 Å². The molecule has 0 bridgehead atoms. The van der Waals surface area contributed by atoms with Crippen LogP contribution in [0.5, 0.6) is 0 Å². The van der Waals surface area contributed by atoms with Gasteiger partial charge in [0, 0.05) is 67.0 Å². The first-order valence-corrected chi connectivity index (χ1v) is 35.8. The Morgan fingerprint density at radius 1 is 0.228 bits per heavy atom. The van der Waals surface area contributed by atoms with Crippen LogP contribution in [0.1, 0.15) is 83.6 Å². The number of para-hydroxylation sites is 4. The van der Waals surface area contributed by atoms with Crippen LogP contribution < -0.4 is 19.6 Å². The normalized spacial score (nSPS) is 11.7. The van der Waals surface area contributed by atoms with E-state index in [1.165, 1.54) is 111 Å². The third-order valence-corrected chi connectivity index (χ3v) is 20.0. The van der Waals surface area contributed by atoms with Crippen LogP contribution in [-0.2, 0) is 17.3 Å². The maximum absolute atomic E-state index is 2.43. The van der Waals surface area contributed by atoms with E-state index in [0.717, 1.165) is 63.3 Å². The predicted octanol–water partition coefficient (Wildman–Crippen LogP) is 28.4. The summed E-state index contributed by atoms with van der Waals surface area (Å²) in [7, 11) is 0. The Labute approximate surface area is 596 Å². The minimum atomic E-state index is 0.0740. The number of anilines is 12. The van der Waals surface area contributed by atoms with Gasteiger partial charge in [-0.05, 0) is 212 Å². The first-order valence-electron chi connectivity index (χ1n) is 35.8. The highest BCUT2D eigenvalue weighted by molar-refractivity contribution is 6.26. The van der Waals surface area contributed by atoms with Gasteiger partial charge >= 0.3 is 0 Å². The summed E-state index contributed by atoms with van der Waals surface area (Å²) < 4.78 is 0. The number of benzene rings is 16. The van der Waals surface area contributed by atoms with Gasteiger partial charge in [0.25, 0.3) is 0 Å². The summed E-state index contributed by atoms with van der Waals surface area (Å²) in [6, 6.07) is 125. The summed E-state index contributed by atoms with van der Waals surface area (Å²) >= 11 is 0. The van der Waals surface area contributed by atoms with E-state index in [-0.39, 0.29) is 10.8 Å². The van der Waals surface area contributed by atoms with E-state index in [1.807, 2.05) is 0 Å². The lowest BCUT2D eigenvalue weighted by Crippen LogP contribution is -2.14. The van der Waals surface area contributed by atoms with E-state index in [1.54, 1.807) is 0 Å². The van der Waals surface area contributed by atoms with E-state index >= 15 is 0 Å². The van der Waals surface area contributed by atoms with Gasteiger partial charge in [-0.1, -0.05) is 279 Å². The molecule has 16 aromatic carbocycles. The number of fused-ring (bicyclic) bond motifs is 10. The molecule has 4 heteroatoms. The highest BCUT2D eigenvalue weighted by Gasteiger charge is 2.26. The molecule has 0 atom stereocenters. The Kier molecular flexibility index (Phi) is 18.0. The Morgan fingerprint density at radius 3 is 0.693 bits per heavy atom. The SMILES string of the molecule is CC(C)(C)c1ccc(N(c2ccccc2)c2cc3c4ccccc4c(N(c4ccccc4)c4ccc(C(C)(C)C)cc4)cc3c3ccccc23)cc1.CCCCc1ccc(N(c2ccccc2)c2cc3c4ccccc4c(N(c4ccccc4)c4ccc(C)cc4)cc3c3ccccc23)cc1. The molecule has 0 radical (unpaired) electrons. The van der Waals surface area contributed by atoms with Crippen LogP contribution >= 0.6 is 0 Å². The first kappa shape index (κ1) is 65.2.